The number of carbonyl (C=O) groups is 1. The minimum absolute atomic E-state index is 0.221. The maximum Gasteiger partial charge on any atom is 0.255 e. The summed E-state index contributed by atoms with van der Waals surface area (Å²) < 4.78 is 1.77. The Morgan fingerprint density at radius 2 is 2.04 bits per heavy atom. The van der Waals surface area contributed by atoms with Crippen LogP contribution < -0.4 is 5.32 Å². The van der Waals surface area contributed by atoms with Gasteiger partial charge in [-0.3, -0.25) is 9.48 Å². The Morgan fingerprint density at radius 1 is 1.38 bits per heavy atom. The van der Waals surface area contributed by atoms with E-state index in [-0.39, 0.29) is 11.4 Å². The highest BCUT2D eigenvalue weighted by atomic mass is 35.5. The molecule has 2 rings (SSSR count). The van der Waals surface area contributed by atoms with Gasteiger partial charge in [0.05, 0.1) is 22.2 Å². The zero-order chi connectivity index (χ0) is 17.9. The molecule has 0 aliphatic carbocycles. The van der Waals surface area contributed by atoms with Crippen molar-refractivity contribution in [3.8, 4) is 11.3 Å². The van der Waals surface area contributed by atoms with Gasteiger partial charge in [0.25, 0.3) is 5.91 Å². The first kappa shape index (κ1) is 18.5. The predicted octanol–water partition coefficient (Wildman–Crippen LogP) is 3.46. The molecule has 6 heteroatoms. The number of benzene rings is 1. The third kappa shape index (κ3) is 4.36. The number of aromatic nitrogens is 2. The average molecular weight is 350 g/mol. The molecule has 0 aliphatic heterocycles. The summed E-state index contributed by atoms with van der Waals surface area (Å²) in [5.74, 6) is -0.221. The molecule has 24 heavy (non-hydrogen) atoms. The second kappa shape index (κ2) is 7.36. The molecule has 130 valence electrons. The van der Waals surface area contributed by atoms with Crippen LogP contribution in [0.2, 0.25) is 5.02 Å². The molecule has 1 heterocycles. The standard InChI is InChI=1S/C18H24ClN3O2/c1-12(23)9-10-20-17(24)14-11-22(18(2,3)4)21-16(14)13-7-5-6-8-15(13)19/h5-8,11-12,23H,9-10H2,1-4H3,(H,20,24). The Bertz CT molecular complexity index is 717. The van der Waals surface area contributed by atoms with Gasteiger partial charge in [-0.05, 0) is 40.2 Å². The van der Waals surface area contributed by atoms with Crippen LogP contribution in [0.5, 0.6) is 0 Å². The largest absolute Gasteiger partial charge is 0.393 e. The summed E-state index contributed by atoms with van der Waals surface area (Å²) >= 11 is 6.29. The zero-order valence-corrected chi connectivity index (χ0v) is 15.3. The minimum atomic E-state index is -0.453. The highest BCUT2D eigenvalue weighted by molar-refractivity contribution is 6.33. The topological polar surface area (TPSA) is 67.2 Å². The molecule has 0 fully saturated rings. The SMILES string of the molecule is CC(O)CCNC(=O)c1cn(C(C)(C)C)nc1-c1ccccc1Cl. The number of rotatable bonds is 5. The van der Waals surface area contributed by atoms with Crippen LogP contribution in [0.25, 0.3) is 11.3 Å². The van der Waals surface area contributed by atoms with Crippen LogP contribution in [0, 0.1) is 0 Å². The molecule has 0 saturated carbocycles. The molecule has 5 nitrogen and oxygen atoms in total. The number of nitrogens with one attached hydrogen (secondary N) is 1. The van der Waals surface area contributed by atoms with Crippen molar-refractivity contribution in [3.63, 3.8) is 0 Å². The Morgan fingerprint density at radius 3 is 2.62 bits per heavy atom. The highest BCUT2D eigenvalue weighted by Crippen LogP contribution is 2.30. The first-order valence-electron chi connectivity index (χ1n) is 8.01. The first-order chi connectivity index (χ1) is 11.2. The van der Waals surface area contributed by atoms with E-state index in [9.17, 15) is 9.90 Å². The van der Waals surface area contributed by atoms with Crippen molar-refractivity contribution in [2.45, 2.75) is 45.8 Å². The normalized spacial score (nSPS) is 12.9. The van der Waals surface area contributed by atoms with E-state index < -0.39 is 6.10 Å². The number of nitrogens with zero attached hydrogens (tertiary/aromatic N) is 2. The van der Waals surface area contributed by atoms with E-state index in [1.165, 1.54) is 0 Å². The van der Waals surface area contributed by atoms with Crippen molar-refractivity contribution < 1.29 is 9.90 Å². The second-order valence-electron chi connectivity index (χ2n) is 6.88. The number of hydrogen-bond donors (Lipinski definition) is 2. The van der Waals surface area contributed by atoms with Crippen LogP contribution in [-0.2, 0) is 5.54 Å². The summed E-state index contributed by atoms with van der Waals surface area (Å²) in [6.07, 6.45) is 1.79. The smallest absolute Gasteiger partial charge is 0.255 e. The van der Waals surface area contributed by atoms with Gasteiger partial charge < -0.3 is 10.4 Å². The molecule has 1 atom stereocenters. The van der Waals surface area contributed by atoms with Crippen molar-refractivity contribution in [3.05, 3.63) is 41.0 Å². The fourth-order valence-electron chi connectivity index (χ4n) is 2.23. The minimum Gasteiger partial charge on any atom is -0.393 e. The van der Waals surface area contributed by atoms with Crippen molar-refractivity contribution in [1.82, 2.24) is 15.1 Å². The van der Waals surface area contributed by atoms with E-state index in [1.54, 1.807) is 23.9 Å². The van der Waals surface area contributed by atoms with E-state index in [4.69, 9.17) is 11.6 Å². The molecular weight excluding hydrogens is 326 g/mol. The van der Waals surface area contributed by atoms with E-state index in [0.29, 0.717) is 29.2 Å². The second-order valence-corrected chi connectivity index (χ2v) is 7.29. The third-order valence-corrected chi connectivity index (χ3v) is 3.95. The van der Waals surface area contributed by atoms with E-state index in [0.717, 1.165) is 5.56 Å². The summed E-state index contributed by atoms with van der Waals surface area (Å²) in [6.45, 7) is 8.15. The molecule has 1 amide bonds. The summed E-state index contributed by atoms with van der Waals surface area (Å²) in [4.78, 5) is 12.6. The lowest BCUT2D eigenvalue weighted by Crippen LogP contribution is -2.27. The average Bonchev–Trinajstić information content (AvgIpc) is 2.92. The highest BCUT2D eigenvalue weighted by Gasteiger charge is 2.23. The Kier molecular flexibility index (Phi) is 5.67. The quantitative estimate of drug-likeness (QED) is 0.868. The summed E-state index contributed by atoms with van der Waals surface area (Å²) in [5, 5.41) is 17.3. The lowest BCUT2D eigenvalue weighted by Gasteiger charge is -2.18. The number of carbonyl (C=O) groups excluding carboxylic acids is 1. The predicted molar refractivity (Wildman–Crippen MR) is 96.3 cm³/mol. The molecule has 0 bridgehead atoms. The summed E-state index contributed by atoms with van der Waals surface area (Å²) in [6, 6.07) is 7.34. The first-order valence-corrected chi connectivity index (χ1v) is 8.39. The van der Waals surface area contributed by atoms with Gasteiger partial charge in [0.15, 0.2) is 0 Å². The van der Waals surface area contributed by atoms with Crippen molar-refractivity contribution in [2.24, 2.45) is 0 Å². The Labute approximate surface area is 147 Å². The molecule has 0 radical (unpaired) electrons. The van der Waals surface area contributed by atoms with E-state index in [2.05, 4.69) is 10.4 Å². The maximum absolute atomic E-state index is 12.6. The monoisotopic (exact) mass is 349 g/mol. The van der Waals surface area contributed by atoms with Crippen LogP contribution in [-0.4, -0.2) is 33.4 Å². The number of aliphatic hydroxyl groups is 1. The summed E-state index contributed by atoms with van der Waals surface area (Å²) in [7, 11) is 0. The Balaban J connectivity index is 2.40. The van der Waals surface area contributed by atoms with Crippen molar-refractivity contribution in [1.29, 1.82) is 0 Å². The van der Waals surface area contributed by atoms with Crippen molar-refractivity contribution in [2.75, 3.05) is 6.54 Å². The van der Waals surface area contributed by atoms with Crippen LogP contribution >= 0.6 is 11.6 Å². The third-order valence-electron chi connectivity index (χ3n) is 3.62. The fraction of sp³-hybridized carbons (Fsp3) is 0.444. The fourth-order valence-corrected chi connectivity index (χ4v) is 2.45. The molecular formula is C18H24ClN3O2. The van der Waals surface area contributed by atoms with Gasteiger partial charge >= 0.3 is 0 Å². The van der Waals surface area contributed by atoms with Gasteiger partial charge in [-0.25, -0.2) is 0 Å². The Hall–Kier alpha value is -1.85. The molecule has 2 N–H and O–H groups in total. The lowest BCUT2D eigenvalue weighted by molar-refractivity contribution is 0.0946. The molecule has 0 saturated heterocycles. The lowest BCUT2D eigenvalue weighted by atomic mass is 10.1. The van der Waals surface area contributed by atoms with Gasteiger partial charge in [0.1, 0.15) is 5.69 Å². The van der Waals surface area contributed by atoms with Crippen LogP contribution in [0.4, 0.5) is 0 Å². The molecule has 0 spiro atoms. The van der Waals surface area contributed by atoms with E-state index >= 15 is 0 Å². The molecule has 1 aromatic carbocycles. The van der Waals surface area contributed by atoms with Crippen LogP contribution in [0.15, 0.2) is 30.5 Å². The maximum atomic E-state index is 12.6. The van der Waals surface area contributed by atoms with Gasteiger partial charge in [-0.2, -0.15) is 5.10 Å². The van der Waals surface area contributed by atoms with Gasteiger partial charge in [-0.15, -0.1) is 0 Å². The number of hydrogen-bond acceptors (Lipinski definition) is 3. The number of aliphatic hydroxyl groups excluding tert-OH is 1. The molecule has 0 aliphatic rings. The van der Waals surface area contributed by atoms with Crippen LogP contribution in [0.1, 0.15) is 44.5 Å². The molecule has 1 unspecified atom stereocenters. The van der Waals surface area contributed by atoms with Gasteiger partial charge in [0.2, 0.25) is 0 Å². The molecule has 2 aromatic rings. The molecule has 1 aromatic heterocycles. The van der Waals surface area contributed by atoms with Crippen molar-refractivity contribution >= 4 is 17.5 Å². The number of halogens is 1. The van der Waals surface area contributed by atoms with Gasteiger partial charge in [0, 0.05) is 18.3 Å². The number of amides is 1. The van der Waals surface area contributed by atoms with Gasteiger partial charge in [-0.1, -0.05) is 29.8 Å². The van der Waals surface area contributed by atoms with E-state index in [1.807, 2.05) is 39.0 Å². The zero-order valence-electron chi connectivity index (χ0n) is 14.5. The summed E-state index contributed by atoms with van der Waals surface area (Å²) in [5.41, 5.74) is 1.50. The van der Waals surface area contributed by atoms with Crippen LogP contribution in [0.3, 0.4) is 0 Å².